The number of carboxylic acids is 1. The van der Waals surface area contributed by atoms with Gasteiger partial charge in [-0.1, -0.05) is 11.6 Å². The van der Waals surface area contributed by atoms with E-state index < -0.39 is 19.0 Å². The van der Waals surface area contributed by atoms with Crippen molar-refractivity contribution in [1.29, 1.82) is 0 Å². The van der Waals surface area contributed by atoms with Crippen LogP contribution in [0.1, 0.15) is 15.2 Å². The number of ether oxygens (including phenoxy) is 1. The first-order valence-electron chi connectivity index (χ1n) is 6.08. The molecule has 1 aromatic heterocycles. The lowest BCUT2D eigenvalue weighted by atomic mass is 10.2. The van der Waals surface area contributed by atoms with Gasteiger partial charge in [0.2, 0.25) is 0 Å². The summed E-state index contributed by atoms with van der Waals surface area (Å²) in [6.45, 7) is -0.452. The first-order valence-corrected chi connectivity index (χ1v) is 7.27. The number of halogens is 3. The number of alkyl halides is 2. The Morgan fingerprint density at radius 1 is 1.50 bits per heavy atom. The van der Waals surface area contributed by atoms with Crippen molar-refractivity contribution in [2.45, 2.75) is 13.0 Å². The van der Waals surface area contributed by atoms with E-state index >= 15 is 0 Å². The maximum Gasteiger partial charge on any atom is 0.335 e. The first kappa shape index (κ1) is 16.4. The van der Waals surface area contributed by atoms with E-state index in [-0.39, 0.29) is 11.3 Å². The number of nitrogens with one attached hydrogen (secondary N) is 1. The molecule has 0 unspecified atom stereocenters. The highest BCUT2D eigenvalue weighted by atomic mass is 35.5. The summed E-state index contributed by atoms with van der Waals surface area (Å²) in [6, 6.07) is 3.96. The summed E-state index contributed by atoms with van der Waals surface area (Å²) in [5.74, 6) is -0.967. The Labute approximate surface area is 133 Å². The molecule has 5 nitrogen and oxygen atoms in total. The quantitative estimate of drug-likeness (QED) is 0.797. The average Bonchev–Trinajstić information content (AvgIpc) is 2.88. The number of aromatic nitrogens is 1. The Balaban J connectivity index is 2.16. The highest BCUT2D eigenvalue weighted by molar-refractivity contribution is 7.15. The number of hydrogen-bond donors (Lipinski definition) is 2. The van der Waals surface area contributed by atoms with Crippen LogP contribution < -0.4 is 10.1 Å². The Bertz CT molecular complexity index is 666. The molecule has 1 heterocycles. The zero-order valence-electron chi connectivity index (χ0n) is 11.1. The molecule has 2 rings (SSSR count). The van der Waals surface area contributed by atoms with Crippen LogP contribution in [0.4, 0.5) is 14.5 Å². The molecule has 2 N–H and O–H groups in total. The minimum atomic E-state index is -2.62. The molecule has 22 heavy (non-hydrogen) atoms. The van der Waals surface area contributed by atoms with Crippen LogP contribution in [0.3, 0.4) is 0 Å². The van der Waals surface area contributed by atoms with Crippen molar-refractivity contribution in [3.63, 3.8) is 0 Å². The van der Waals surface area contributed by atoms with E-state index in [0.29, 0.717) is 16.7 Å². The summed E-state index contributed by atoms with van der Waals surface area (Å²) in [6.07, 6.45) is -1.05. The second kappa shape index (κ2) is 7.37. The number of carboxylic acid groups (broad SMARTS) is 1. The topological polar surface area (TPSA) is 71.5 Å². The molecule has 0 saturated heterocycles. The normalized spacial score (nSPS) is 10.7. The molecule has 0 radical (unpaired) electrons. The fraction of sp³-hybridized carbons (Fsp3) is 0.231. The van der Waals surface area contributed by atoms with E-state index in [0.717, 1.165) is 4.88 Å². The van der Waals surface area contributed by atoms with Gasteiger partial charge in [0.05, 0.1) is 17.8 Å². The monoisotopic (exact) mass is 348 g/mol. The number of carbonyl (C=O) groups is 1. The summed E-state index contributed by atoms with van der Waals surface area (Å²) in [5.41, 5.74) is 0.333. The highest BCUT2D eigenvalue weighted by Gasteiger charge is 2.12. The number of benzene rings is 1. The van der Waals surface area contributed by atoms with Gasteiger partial charge in [-0.2, -0.15) is 0 Å². The van der Waals surface area contributed by atoms with E-state index in [1.807, 2.05) is 0 Å². The van der Waals surface area contributed by atoms with Crippen molar-refractivity contribution in [2.24, 2.45) is 0 Å². The zero-order chi connectivity index (χ0) is 16.1. The van der Waals surface area contributed by atoms with Gasteiger partial charge in [-0.3, -0.25) is 0 Å². The Morgan fingerprint density at radius 2 is 2.27 bits per heavy atom. The van der Waals surface area contributed by atoms with Crippen LogP contribution in [0.25, 0.3) is 0 Å². The largest absolute Gasteiger partial charge is 0.485 e. The fourth-order valence-electron chi connectivity index (χ4n) is 1.63. The van der Waals surface area contributed by atoms with Gasteiger partial charge in [-0.25, -0.2) is 18.6 Å². The molecule has 0 aliphatic carbocycles. The number of hydrogen-bond acceptors (Lipinski definition) is 5. The number of thiazole rings is 1. The molecule has 0 fully saturated rings. The number of aromatic carboxylic acids is 1. The predicted octanol–water partition coefficient (Wildman–Crippen LogP) is 3.75. The van der Waals surface area contributed by atoms with Gasteiger partial charge < -0.3 is 15.2 Å². The summed E-state index contributed by atoms with van der Waals surface area (Å²) in [4.78, 5) is 15.7. The minimum Gasteiger partial charge on any atom is -0.485 e. The Morgan fingerprint density at radius 3 is 2.86 bits per heavy atom. The van der Waals surface area contributed by atoms with E-state index in [1.165, 1.54) is 29.5 Å². The van der Waals surface area contributed by atoms with Gasteiger partial charge >= 0.3 is 5.97 Å². The molecular formula is C13H11ClF2N2O3S. The Kier molecular flexibility index (Phi) is 5.51. The predicted molar refractivity (Wildman–Crippen MR) is 79.4 cm³/mol. The molecule has 0 atom stereocenters. The minimum absolute atomic E-state index is 0.0224. The van der Waals surface area contributed by atoms with Gasteiger partial charge in [-0.05, 0) is 18.2 Å². The number of nitrogens with zero attached hydrogens (tertiary/aromatic N) is 1. The first-order chi connectivity index (χ1) is 10.5. The molecule has 0 spiro atoms. The molecule has 9 heteroatoms. The van der Waals surface area contributed by atoms with Crippen LogP contribution in [-0.4, -0.2) is 29.1 Å². The Hall–Kier alpha value is -1.93. The van der Waals surface area contributed by atoms with Gasteiger partial charge in [0.15, 0.2) is 4.47 Å². The van der Waals surface area contributed by atoms with Crippen molar-refractivity contribution in [3.05, 3.63) is 39.3 Å². The van der Waals surface area contributed by atoms with Gasteiger partial charge in [0.25, 0.3) is 6.43 Å². The van der Waals surface area contributed by atoms with Crippen LogP contribution in [0.2, 0.25) is 4.47 Å². The maximum absolute atomic E-state index is 12.3. The standard InChI is InChI=1S/C13H11ClF2N2O3S/c14-13-18-5-8(22-13)4-17-9-3-7(12(19)20)1-2-10(9)21-6-11(15)16/h1-3,5,11,17H,4,6H2,(H,19,20). The van der Waals surface area contributed by atoms with Gasteiger partial charge in [0.1, 0.15) is 12.4 Å². The molecule has 0 saturated carbocycles. The molecule has 0 aliphatic rings. The second-order valence-electron chi connectivity index (χ2n) is 4.15. The SMILES string of the molecule is O=C(O)c1ccc(OCC(F)F)c(NCc2cnc(Cl)s2)c1. The van der Waals surface area contributed by atoms with Crippen molar-refractivity contribution >= 4 is 34.6 Å². The van der Waals surface area contributed by atoms with Crippen LogP contribution in [0.5, 0.6) is 5.75 Å². The van der Waals surface area contributed by atoms with E-state index in [9.17, 15) is 13.6 Å². The average molecular weight is 349 g/mol. The van der Waals surface area contributed by atoms with Crippen LogP contribution >= 0.6 is 22.9 Å². The van der Waals surface area contributed by atoms with Crippen molar-refractivity contribution < 1.29 is 23.4 Å². The molecule has 0 bridgehead atoms. The third-order valence-corrected chi connectivity index (χ3v) is 3.68. The summed E-state index contributed by atoms with van der Waals surface area (Å²) in [7, 11) is 0. The molecule has 0 amide bonds. The van der Waals surface area contributed by atoms with Crippen LogP contribution in [0, 0.1) is 0 Å². The third-order valence-electron chi connectivity index (χ3n) is 2.57. The molecule has 0 aliphatic heterocycles. The number of rotatable bonds is 7. The maximum atomic E-state index is 12.3. The highest BCUT2D eigenvalue weighted by Crippen LogP contribution is 2.28. The van der Waals surface area contributed by atoms with Crippen LogP contribution in [0.15, 0.2) is 24.4 Å². The van der Waals surface area contributed by atoms with E-state index in [4.69, 9.17) is 21.4 Å². The molecule has 1 aromatic carbocycles. The van der Waals surface area contributed by atoms with Crippen molar-refractivity contribution in [1.82, 2.24) is 4.98 Å². The molecular weight excluding hydrogens is 338 g/mol. The summed E-state index contributed by atoms with van der Waals surface area (Å²) < 4.78 is 29.9. The van der Waals surface area contributed by atoms with Gasteiger partial charge in [0, 0.05) is 11.1 Å². The van der Waals surface area contributed by atoms with Gasteiger partial charge in [-0.15, -0.1) is 11.3 Å². The third kappa shape index (κ3) is 4.54. The van der Waals surface area contributed by atoms with Crippen LogP contribution in [-0.2, 0) is 6.54 Å². The van der Waals surface area contributed by atoms with Crippen molar-refractivity contribution in [2.75, 3.05) is 11.9 Å². The van der Waals surface area contributed by atoms with E-state index in [1.54, 1.807) is 6.20 Å². The van der Waals surface area contributed by atoms with E-state index in [2.05, 4.69) is 10.3 Å². The fourth-order valence-corrected chi connectivity index (χ4v) is 2.55. The number of anilines is 1. The lowest BCUT2D eigenvalue weighted by Crippen LogP contribution is -2.10. The van der Waals surface area contributed by atoms with Crippen molar-refractivity contribution in [3.8, 4) is 5.75 Å². The molecule has 2 aromatic rings. The lowest BCUT2D eigenvalue weighted by Gasteiger charge is -2.13. The lowest BCUT2D eigenvalue weighted by molar-refractivity contribution is 0.0695. The smallest absolute Gasteiger partial charge is 0.335 e. The zero-order valence-corrected chi connectivity index (χ0v) is 12.6. The summed E-state index contributed by atoms with van der Waals surface area (Å²) >= 11 is 6.97. The second-order valence-corrected chi connectivity index (χ2v) is 5.85. The summed E-state index contributed by atoms with van der Waals surface area (Å²) in [5, 5.41) is 11.9. The molecule has 118 valence electrons.